The second-order valence-corrected chi connectivity index (χ2v) is 9.46. The first-order valence-electron chi connectivity index (χ1n) is 12.0. The molecule has 2 fully saturated rings. The summed E-state index contributed by atoms with van der Waals surface area (Å²) in [5.74, 6) is 2.32. The first-order valence-corrected chi connectivity index (χ1v) is 12.0. The number of amides is 1. The van der Waals surface area contributed by atoms with Gasteiger partial charge in [0, 0.05) is 57.4 Å². The highest BCUT2D eigenvalue weighted by Gasteiger charge is 2.35. The van der Waals surface area contributed by atoms with E-state index in [9.17, 15) is 4.79 Å². The molecule has 0 radical (unpaired) electrons. The number of benzene rings is 1. The molecular weight excluding hydrogens is 406 g/mol. The fraction of sp³-hybridized carbons (Fsp3) is 0.720. The van der Waals surface area contributed by atoms with Crippen LogP contribution in [0.5, 0.6) is 11.5 Å². The molecule has 2 atom stereocenters. The summed E-state index contributed by atoms with van der Waals surface area (Å²) < 4.78 is 16.4. The van der Waals surface area contributed by atoms with E-state index in [1.165, 1.54) is 12.8 Å². The molecule has 0 spiro atoms. The van der Waals surface area contributed by atoms with Gasteiger partial charge in [-0.25, -0.2) is 0 Å². The van der Waals surface area contributed by atoms with E-state index in [1.807, 2.05) is 23.1 Å². The Morgan fingerprint density at radius 1 is 1.09 bits per heavy atom. The summed E-state index contributed by atoms with van der Waals surface area (Å²) in [6.45, 7) is 9.20. The Hall–Kier alpha value is -1.83. The van der Waals surface area contributed by atoms with Crippen LogP contribution in [-0.2, 0) is 4.74 Å². The van der Waals surface area contributed by atoms with E-state index in [0.717, 1.165) is 38.6 Å². The molecule has 7 heteroatoms. The van der Waals surface area contributed by atoms with Gasteiger partial charge in [-0.2, -0.15) is 0 Å². The summed E-state index contributed by atoms with van der Waals surface area (Å²) in [6, 6.07) is 6.36. The van der Waals surface area contributed by atoms with Crippen molar-refractivity contribution in [2.45, 2.75) is 45.2 Å². The fourth-order valence-electron chi connectivity index (χ4n) is 4.50. The molecule has 1 amide bonds. The van der Waals surface area contributed by atoms with E-state index < -0.39 is 0 Å². The van der Waals surface area contributed by atoms with Crippen LogP contribution in [0.2, 0.25) is 0 Å². The lowest BCUT2D eigenvalue weighted by molar-refractivity contribution is 0.0653. The molecule has 32 heavy (non-hydrogen) atoms. The quantitative estimate of drug-likeness (QED) is 0.469. The number of hydrogen-bond acceptors (Lipinski definition) is 6. The molecule has 1 aliphatic carbocycles. The Labute approximate surface area is 193 Å². The van der Waals surface area contributed by atoms with Crippen molar-refractivity contribution >= 4 is 5.91 Å². The molecule has 7 nitrogen and oxygen atoms in total. The molecule has 1 N–H and O–H groups in total. The average Bonchev–Trinajstić information content (AvgIpc) is 3.55. The van der Waals surface area contributed by atoms with E-state index >= 15 is 0 Å². The van der Waals surface area contributed by atoms with Crippen molar-refractivity contribution in [1.82, 2.24) is 15.1 Å². The van der Waals surface area contributed by atoms with Gasteiger partial charge >= 0.3 is 0 Å². The van der Waals surface area contributed by atoms with Gasteiger partial charge in [-0.05, 0) is 70.3 Å². The van der Waals surface area contributed by atoms with Crippen LogP contribution in [-0.4, -0.2) is 88.5 Å². The number of hydrogen-bond donors (Lipinski definition) is 1. The summed E-state index contributed by atoms with van der Waals surface area (Å²) in [4.78, 5) is 18.0. The lowest BCUT2D eigenvalue weighted by Gasteiger charge is -2.33. The molecular formula is C25H41N3O4. The van der Waals surface area contributed by atoms with E-state index in [2.05, 4.69) is 31.1 Å². The predicted molar refractivity (Wildman–Crippen MR) is 127 cm³/mol. The number of nitrogens with zero attached hydrogens (tertiary/aromatic N) is 2. The number of rotatable bonds is 13. The topological polar surface area (TPSA) is 63.3 Å². The van der Waals surface area contributed by atoms with Crippen LogP contribution in [0.25, 0.3) is 0 Å². The van der Waals surface area contributed by atoms with Crippen LogP contribution in [0.15, 0.2) is 18.2 Å². The Kier molecular flexibility index (Phi) is 9.20. The van der Waals surface area contributed by atoms with Crippen molar-refractivity contribution in [2.75, 3.05) is 60.7 Å². The molecule has 1 saturated heterocycles. The van der Waals surface area contributed by atoms with Crippen molar-refractivity contribution in [2.24, 2.45) is 11.8 Å². The molecule has 2 unspecified atom stereocenters. The molecule has 180 valence electrons. The maximum Gasteiger partial charge on any atom is 0.254 e. The Bertz CT molecular complexity index is 738. The summed E-state index contributed by atoms with van der Waals surface area (Å²) in [7, 11) is 5.53. The minimum atomic E-state index is 0.0468. The molecule has 1 aromatic rings. The molecule has 1 aliphatic heterocycles. The summed E-state index contributed by atoms with van der Waals surface area (Å²) in [5.41, 5.74) is 0.638. The monoisotopic (exact) mass is 447 g/mol. The van der Waals surface area contributed by atoms with Crippen LogP contribution in [0.4, 0.5) is 0 Å². The lowest BCUT2D eigenvalue weighted by Crippen LogP contribution is -2.43. The molecule has 0 aromatic heterocycles. The van der Waals surface area contributed by atoms with Gasteiger partial charge in [0.1, 0.15) is 0 Å². The highest BCUT2D eigenvalue weighted by atomic mass is 16.5. The minimum absolute atomic E-state index is 0.0468. The van der Waals surface area contributed by atoms with E-state index in [-0.39, 0.29) is 11.9 Å². The van der Waals surface area contributed by atoms with Crippen LogP contribution >= 0.6 is 0 Å². The second-order valence-electron chi connectivity index (χ2n) is 9.46. The maximum atomic E-state index is 13.5. The van der Waals surface area contributed by atoms with E-state index in [0.29, 0.717) is 42.1 Å². The second kappa shape index (κ2) is 11.9. The molecule has 1 saturated carbocycles. The third kappa shape index (κ3) is 6.59. The van der Waals surface area contributed by atoms with Gasteiger partial charge in [0.15, 0.2) is 11.5 Å². The van der Waals surface area contributed by atoms with Crippen molar-refractivity contribution in [3.63, 3.8) is 0 Å². The van der Waals surface area contributed by atoms with Gasteiger partial charge in [-0.15, -0.1) is 0 Å². The van der Waals surface area contributed by atoms with Crippen molar-refractivity contribution < 1.29 is 19.0 Å². The van der Waals surface area contributed by atoms with Crippen LogP contribution in [0.3, 0.4) is 0 Å². The zero-order valence-electron chi connectivity index (χ0n) is 20.4. The molecule has 3 rings (SSSR count). The SMILES string of the molecule is COCCCOc1cc(C(=O)N(CC2CNCC2CN(C)C2CC2)C(C)C)ccc1OC. The molecule has 0 bridgehead atoms. The zero-order valence-corrected chi connectivity index (χ0v) is 20.4. The molecule has 1 aromatic carbocycles. The number of carbonyl (C=O) groups excluding carboxylic acids is 1. The maximum absolute atomic E-state index is 13.5. The lowest BCUT2D eigenvalue weighted by atomic mass is 9.94. The minimum Gasteiger partial charge on any atom is -0.493 e. The van der Waals surface area contributed by atoms with Gasteiger partial charge in [0.05, 0.1) is 13.7 Å². The fourth-order valence-corrected chi connectivity index (χ4v) is 4.50. The van der Waals surface area contributed by atoms with Crippen LogP contribution in [0.1, 0.15) is 43.5 Å². The van der Waals surface area contributed by atoms with Crippen molar-refractivity contribution in [3.8, 4) is 11.5 Å². The zero-order chi connectivity index (χ0) is 23.1. The van der Waals surface area contributed by atoms with Gasteiger partial charge in [0.2, 0.25) is 0 Å². The normalized spacial score (nSPS) is 20.7. The van der Waals surface area contributed by atoms with Crippen molar-refractivity contribution in [3.05, 3.63) is 23.8 Å². The summed E-state index contributed by atoms with van der Waals surface area (Å²) in [5, 5.41) is 3.56. The smallest absolute Gasteiger partial charge is 0.254 e. The van der Waals surface area contributed by atoms with E-state index in [1.54, 1.807) is 14.2 Å². The third-order valence-electron chi connectivity index (χ3n) is 6.65. The first kappa shape index (κ1) is 24.8. The Morgan fingerprint density at radius 2 is 1.81 bits per heavy atom. The van der Waals surface area contributed by atoms with Crippen LogP contribution in [0, 0.1) is 11.8 Å². The van der Waals surface area contributed by atoms with E-state index in [4.69, 9.17) is 14.2 Å². The van der Waals surface area contributed by atoms with Gasteiger partial charge in [-0.3, -0.25) is 4.79 Å². The number of ether oxygens (including phenoxy) is 3. The molecule has 1 heterocycles. The third-order valence-corrected chi connectivity index (χ3v) is 6.65. The summed E-state index contributed by atoms with van der Waals surface area (Å²) in [6.07, 6.45) is 3.43. The van der Waals surface area contributed by atoms with Gasteiger partial charge in [0.25, 0.3) is 5.91 Å². The highest BCUT2D eigenvalue weighted by molar-refractivity contribution is 5.95. The highest BCUT2D eigenvalue weighted by Crippen LogP contribution is 2.31. The number of nitrogens with one attached hydrogen (secondary N) is 1. The van der Waals surface area contributed by atoms with Crippen LogP contribution < -0.4 is 14.8 Å². The largest absolute Gasteiger partial charge is 0.493 e. The summed E-state index contributed by atoms with van der Waals surface area (Å²) >= 11 is 0. The standard InChI is InChI=1S/C25H41N3O4/c1-18(2)28(17-21-15-26-14-20(21)16-27(3)22-8-9-22)25(29)19-7-10-23(31-5)24(13-19)32-12-6-11-30-4/h7,10,13,18,20-22,26H,6,8-9,11-12,14-17H2,1-5H3. The number of methoxy groups -OCH3 is 2. The molecule has 2 aliphatic rings. The van der Waals surface area contributed by atoms with Crippen molar-refractivity contribution in [1.29, 1.82) is 0 Å². The average molecular weight is 448 g/mol. The first-order chi connectivity index (χ1) is 15.4. The number of carbonyl (C=O) groups is 1. The predicted octanol–water partition coefficient (Wildman–Crippen LogP) is 2.89. The Balaban J connectivity index is 1.68. The van der Waals surface area contributed by atoms with Gasteiger partial charge in [-0.1, -0.05) is 0 Å². The Morgan fingerprint density at radius 3 is 2.44 bits per heavy atom. The van der Waals surface area contributed by atoms with Gasteiger partial charge < -0.3 is 29.3 Å².